The van der Waals surface area contributed by atoms with Gasteiger partial charge in [0.2, 0.25) is 5.91 Å². The predicted octanol–water partition coefficient (Wildman–Crippen LogP) is 1.85. The molecule has 0 aliphatic carbocycles. The molecule has 0 aliphatic heterocycles. The van der Waals surface area contributed by atoms with Gasteiger partial charge in [-0.15, -0.1) is 11.3 Å². The molecule has 1 atom stereocenters. The van der Waals surface area contributed by atoms with Crippen LogP contribution in [-0.2, 0) is 18.4 Å². The molecular weight excluding hydrogens is 326 g/mol. The van der Waals surface area contributed by atoms with Crippen LogP contribution >= 0.6 is 11.3 Å². The lowest BCUT2D eigenvalue weighted by Crippen LogP contribution is -2.35. The third kappa shape index (κ3) is 3.23. The first-order valence-corrected chi connectivity index (χ1v) is 8.67. The van der Waals surface area contributed by atoms with Crippen LogP contribution in [0.5, 0.6) is 0 Å². The highest BCUT2D eigenvalue weighted by molar-refractivity contribution is 7.17. The third-order valence-corrected chi connectivity index (χ3v) is 4.72. The van der Waals surface area contributed by atoms with Crippen LogP contribution in [0.4, 0.5) is 0 Å². The van der Waals surface area contributed by atoms with Crippen molar-refractivity contribution in [2.75, 3.05) is 0 Å². The van der Waals surface area contributed by atoms with E-state index in [0.29, 0.717) is 10.2 Å². The smallest absolute Gasteiger partial charge is 0.271 e. The highest BCUT2D eigenvalue weighted by Gasteiger charge is 2.18. The lowest BCUT2D eigenvalue weighted by Gasteiger charge is -2.18. The largest absolute Gasteiger partial charge is 0.345 e. The van der Waals surface area contributed by atoms with E-state index >= 15 is 0 Å². The number of nitrogens with one attached hydrogen (secondary N) is 1. The van der Waals surface area contributed by atoms with E-state index in [-0.39, 0.29) is 24.1 Å². The van der Waals surface area contributed by atoms with Gasteiger partial charge in [0.05, 0.1) is 17.9 Å². The molecule has 3 heterocycles. The van der Waals surface area contributed by atoms with Crippen LogP contribution in [0.25, 0.3) is 10.2 Å². The van der Waals surface area contributed by atoms with Crippen molar-refractivity contribution in [3.63, 3.8) is 0 Å². The molecule has 3 aromatic rings. The number of carbonyl (C=O) groups excluding carboxylic acids is 1. The average molecular weight is 345 g/mol. The van der Waals surface area contributed by atoms with Crippen LogP contribution in [0.3, 0.4) is 0 Å². The number of thiophene rings is 1. The van der Waals surface area contributed by atoms with Crippen molar-refractivity contribution in [3.05, 3.63) is 46.3 Å². The Labute approximate surface area is 143 Å². The molecule has 3 rings (SSSR count). The van der Waals surface area contributed by atoms with Gasteiger partial charge in [0.25, 0.3) is 5.56 Å². The number of nitrogens with zero attached hydrogens (tertiary/aromatic N) is 4. The van der Waals surface area contributed by atoms with E-state index in [1.807, 2.05) is 23.2 Å². The number of carbonyl (C=O) groups is 1. The topological polar surface area (TPSA) is 81.8 Å². The fourth-order valence-electron chi connectivity index (χ4n) is 2.65. The summed E-state index contributed by atoms with van der Waals surface area (Å²) in [4.78, 5) is 33.3. The van der Waals surface area contributed by atoms with E-state index in [9.17, 15) is 9.59 Å². The van der Waals surface area contributed by atoms with Gasteiger partial charge < -0.3 is 9.88 Å². The van der Waals surface area contributed by atoms with Crippen LogP contribution < -0.4 is 10.9 Å². The number of rotatable bonds is 6. The van der Waals surface area contributed by atoms with E-state index in [1.165, 1.54) is 22.2 Å². The minimum Gasteiger partial charge on any atom is -0.345 e. The zero-order chi connectivity index (χ0) is 17.1. The Hall–Kier alpha value is -2.48. The first-order chi connectivity index (χ1) is 11.6. The summed E-state index contributed by atoms with van der Waals surface area (Å²) in [5, 5.41) is 4.79. The molecular formula is C16H19N5O2S. The lowest BCUT2D eigenvalue weighted by atomic mass is 10.1. The summed E-state index contributed by atoms with van der Waals surface area (Å²) in [6.07, 6.45) is 6.69. The van der Waals surface area contributed by atoms with Crippen molar-refractivity contribution in [1.82, 2.24) is 24.4 Å². The minimum absolute atomic E-state index is 0.0513. The van der Waals surface area contributed by atoms with Crippen molar-refractivity contribution in [2.24, 2.45) is 7.05 Å². The van der Waals surface area contributed by atoms with Crippen molar-refractivity contribution in [1.29, 1.82) is 0 Å². The Bertz CT molecular complexity index is 910. The fourth-order valence-corrected chi connectivity index (χ4v) is 3.45. The van der Waals surface area contributed by atoms with Crippen molar-refractivity contribution in [3.8, 4) is 0 Å². The Morgan fingerprint density at radius 3 is 2.96 bits per heavy atom. The molecule has 0 radical (unpaired) electrons. The fraction of sp³-hybridized carbons (Fsp3) is 0.375. The number of hydrogen-bond acceptors (Lipinski definition) is 5. The molecule has 0 spiro atoms. The van der Waals surface area contributed by atoms with Crippen molar-refractivity contribution < 1.29 is 4.79 Å². The highest BCUT2D eigenvalue weighted by atomic mass is 32.1. The van der Waals surface area contributed by atoms with Gasteiger partial charge in [-0.05, 0) is 17.9 Å². The van der Waals surface area contributed by atoms with Crippen LogP contribution in [0.1, 0.15) is 31.6 Å². The number of aryl methyl sites for hydroxylation is 1. The van der Waals surface area contributed by atoms with E-state index in [0.717, 1.165) is 18.7 Å². The summed E-state index contributed by atoms with van der Waals surface area (Å²) >= 11 is 1.34. The molecule has 1 amide bonds. The van der Waals surface area contributed by atoms with Gasteiger partial charge in [0.15, 0.2) is 0 Å². The minimum atomic E-state index is -0.226. The maximum absolute atomic E-state index is 12.4. The monoisotopic (exact) mass is 345 g/mol. The third-order valence-electron chi connectivity index (χ3n) is 3.83. The normalized spacial score (nSPS) is 12.4. The van der Waals surface area contributed by atoms with E-state index in [4.69, 9.17) is 0 Å². The highest BCUT2D eigenvalue weighted by Crippen LogP contribution is 2.16. The number of fused-ring (bicyclic) bond motifs is 1. The van der Waals surface area contributed by atoms with Gasteiger partial charge in [-0.3, -0.25) is 14.2 Å². The number of imidazole rings is 1. The van der Waals surface area contributed by atoms with E-state index in [1.54, 1.807) is 12.3 Å². The summed E-state index contributed by atoms with van der Waals surface area (Å²) in [7, 11) is 1.90. The Kier molecular flexibility index (Phi) is 4.75. The summed E-state index contributed by atoms with van der Waals surface area (Å²) < 4.78 is 3.81. The molecule has 0 aliphatic rings. The summed E-state index contributed by atoms with van der Waals surface area (Å²) in [5.74, 6) is 0.584. The Morgan fingerprint density at radius 2 is 2.25 bits per heavy atom. The summed E-state index contributed by atoms with van der Waals surface area (Å²) in [6, 6.07) is 1.63. The second-order valence-corrected chi connectivity index (χ2v) is 6.53. The van der Waals surface area contributed by atoms with Gasteiger partial charge in [-0.2, -0.15) is 0 Å². The van der Waals surface area contributed by atoms with Crippen molar-refractivity contribution in [2.45, 2.75) is 32.4 Å². The van der Waals surface area contributed by atoms with Crippen LogP contribution in [0.2, 0.25) is 0 Å². The average Bonchev–Trinajstić information content (AvgIpc) is 3.19. The number of amides is 1. The van der Waals surface area contributed by atoms with Crippen molar-refractivity contribution >= 4 is 27.5 Å². The summed E-state index contributed by atoms with van der Waals surface area (Å²) in [6.45, 7) is 2.01. The molecule has 0 saturated heterocycles. The van der Waals surface area contributed by atoms with Gasteiger partial charge in [0, 0.05) is 19.4 Å². The second kappa shape index (κ2) is 6.96. The molecule has 0 fully saturated rings. The zero-order valence-corrected chi connectivity index (χ0v) is 14.4. The molecule has 0 aromatic carbocycles. The van der Waals surface area contributed by atoms with Crippen LogP contribution in [-0.4, -0.2) is 25.0 Å². The first-order valence-electron chi connectivity index (χ1n) is 7.79. The second-order valence-electron chi connectivity index (χ2n) is 5.62. The molecule has 3 aromatic heterocycles. The van der Waals surface area contributed by atoms with Gasteiger partial charge in [-0.1, -0.05) is 13.3 Å². The van der Waals surface area contributed by atoms with E-state index < -0.39 is 0 Å². The maximum atomic E-state index is 12.4. The van der Waals surface area contributed by atoms with E-state index in [2.05, 4.69) is 22.2 Å². The maximum Gasteiger partial charge on any atom is 0.271 e. The quantitative estimate of drug-likeness (QED) is 0.739. The standard InChI is InChI=1S/C16H19N5O2S/c1-3-4-12(15-17-6-7-20(15)2)19-13(22)9-21-10-18-11-5-8-24-14(11)16(21)23/h5-8,10,12H,3-4,9H2,1-2H3,(H,19,22)/t12-/m1/s1. The van der Waals surface area contributed by atoms with Gasteiger partial charge in [-0.25, -0.2) is 9.97 Å². The molecule has 126 valence electrons. The van der Waals surface area contributed by atoms with Crippen LogP contribution in [0.15, 0.2) is 35.0 Å². The Morgan fingerprint density at radius 1 is 1.42 bits per heavy atom. The lowest BCUT2D eigenvalue weighted by molar-refractivity contribution is -0.122. The first kappa shape index (κ1) is 16.4. The summed E-state index contributed by atoms with van der Waals surface area (Å²) in [5.41, 5.74) is 0.479. The Balaban J connectivity index is 1.77. The predicted molar refractivity (Wildman–Crippen MR) is 92.9 cm³/mol. The number of hydrogen-bond donors (Lipinski definition) is 1. The molecule has 0 unspecified atom stereocenters. The van der Waals surface area contributed by atoms with Gasteiger partial charge >= 0.3 is 0 Å². The van der Waals surface area contributed by atoms with Gasteiger partial charge in [0.1, 0.15) is 17.1 Å². The molecule has 0 saturated carbocycles. The molecule has 7 nitrogen and oxygen atoms in total. The molecule has 0 bridgehead atoms. The number of aromatic nitrogens is 4. The zero-order valence-electron chi connectivity index (χ0n) is 13.6. The molecule has 1 N–H and O–H groups in total. The van der Waals surface area contributed by atoms with Crippen LogP contribution in [0, 0.1) is 0 Å². The molecule has 24 heavy (non-hydrogen) atoms. The SMILES string of the molecule is CCC[C@@H](NC(=O)Cn1cnc2ccsc2c1=O)c1nccn1C. The molecule has 8 heteroatoms.